The average Bonchev–Trinajstić information content (AvgIpc) is 3.19. The van der Waals surface area contributed by atoms with Crippen LogP contribution in [0.5, 0.6) is 0 Å². The first kappa shape index (κ1) is 14.7. The van der Waals surface area contributed by atoms with E-state index in [0.717, 1.165) is 25.7 Å². The lowest BCUT2D eigenvalue weighted by Gasteiger charge is -2.14. The standard InChI is InChI=1S/C14H21N3O3/c1-2-8-17-12(19)4-3-11(16-17)13(20)15-10-14(5-6-14)7-9-18/h3-4,18H,2,5-10H2,1H3,(H,15,20). The van der Waals surface area contributed by atoms with E-state index >= 15 is 0 Å². The Bertz CT molecular complexity index is 535. The number of nitrogens with zero attached hydrogens (tertiary/aromatic N) is 2. The Kier molecular flexibility index (Phi) is 4.54. The highest BCUT2D eigenvalue weighted by molar-refractivity contribution is 5.92. The lowest BCUT2D eigenvalue weighted by atomic mass is 10.0. The second-order valence-electron chi connectivity index (χ2n) is 5.44. The Morgan fingerprint density at radius 2 is 2.25 bits per heavy atom. The Balaban J connectivity index is 1.99. The van der Waals surface area contributed by atoms with Crippen molar-refractivity contribution in [2.75, 3.05) is 13.2 Å². The largest absolute Gasteiger partial charge is 0.396 e. The van der Waals surface area contributed by atoms with Gasteiger partial charge in [-0.2, -0.15) is 5.10 Å². The summed E-state index contributed by atoms with van der Waals surface area (Å²) in [6.45, 7) is 3.16. The second-order valence-corrected chi connectivity index (χ2v) is 5.44. The van der Waals surface area contributed by atoms with Crippen LogP contribution in [0.3, 0.4) is 0 Å². The van der Waals surface area contributed by atoms with Crippen molar-refractivity contribution in [3.8, 4) is 0 Å². The molecule has 0 aromatic carbocycles. The van der Waals surface area contributed by atoms with Gasteiger partial charge in [0.05, 0.1) is 0 Å². The van der Waals surface area contributed by atoms with Crippen LogP contribution in [0.1, 0.15) is 43.1 Å². The maximum absolute atomic E-state index is 12.0. The molecular weight excluding hydrogens is 258 g/mol. The molecule has 1 aliphatic rings. The van der Waals surface area contributed by atoms with Crippen LogP contribution in [-0.2, 0) is 6.54 Å². The van der Waals surface area contributed by atoms with Gasteiger partial charge in [0, 0.05) is 25.8 Å². The summed E-state index contributed by atoms with van der Waals surface area (Å²) >= 11 is 0. The van der Waals surface area contributed by atoms with Crippen LogP contribution in [-0.4, -0.2) is 33.9 Å². The zero-order valence-electron chi connectivity index (χ0n) is 11.8. The lowest BCUT2D eigenvalue weighted by molar-refractivity contribution is 0.0933. The predicted octanol–water partition coefficient (Wildman–Crippen LogP) is 0.546. The summed E-state index contributed by atoms with van der Waals surface area (Å²) in [5.41, 5.74) is 0.141. The van der Waals surface area contributed by atoms with E-state index in [1.807, 2.05) is 6.92 Å². The van der Waals surface area contributed by atoms with E-state index in [4.69, 9.17) is 5.11 Å². The molecule has 6 heteroatoms. The molecule has 0 bridgehead atoms. The average molecular weight is 279 g/mol. The normalized spacial score (nSPS) is 15.9. The van der Waals surface area contributed by atoms with Gasteiger partial charge in [0.15, 0.2) is 0 Å². The minimum Gasteiger partial charge on any atom is -0.396 e. The maximum atomic E-state index is 12.0. The van der Waals surface area contributed by atoms with Crippen LogP contribution in [0.2, 0.25) is 0 Å². The van der Waals surface area contributed by atoms with Gasteiger partial charge >= 0.3 is 0 Å². The molecule has 1 heterocycles. The minimum atomic E-state index is -0.265. The summed E-state index contributed by atoms with van der Waals surface area (Å²) in [6.07, 6.45) is 3.58. The van der Waals surface area contributed by atoms with E-state index in [2.05, 4.69) is 10.4 Å². The number of aromatic nitrogens is 2. The third-order valence-electron chi connectivity index (χ3n) is 3.76. The molecule has 2 rings (SSSR count). The molecule has 1 aromatic heterocycles. The van der Waals surface area contributed by atoms with Gasteiger partial charge in [0.2, 0.25) is 0 Å². The Morgan fingerprint density at radius 3 is 2.85 bits per heavy atom. The van der Waals surface area contributed by atoms with E-state index in [1.54, 1.807) is 0 Å². The molecule has 0 saturated heterocycles. The zero-order valence-corrected chi connectivity index (χ0v) is 11.8. The fourth-order valence-corrected chi connectivity index (χ4v) is 2.23. The Hall–Kier alpha value is -1.69. The molecule has 1 aromatic rings. The smallest absolute Gasteiger partial charge is 0.271 e. The summed E-state index contributed by atoms with van der Waals surface area (Å²) in [6, 6.07) is 2.83. The highest BCUT2D eigenvalue weighted by Gasteiger charge is 2.41. The first-order valence-electron chi connectivity index (χ1n) is 7.07. The number of carbonyl (C=O) groups excluding carboxylic acids is 1. The number of amides is 1. The number of aliphatic hydroxyl groups is 1. The number of carbonyl (C=O) groups is 1. The fraction of sp³-hybridized carbons (Fsp3) is 0.643. The van der Waals surface area contributed by atoms with Crippen LogP contribution in [0.25, 0.3) is 0 Å². The molecule has 0 spiro atoms. The van der Waals surface area contributed by atoms with Crippen molar-refractivity contribution in [3.05, 3.63) is 28.2 Å². The van der Waals surface area contributed by atoms with E-state index in [1.165, 1.54) is 16.8 Å². The highest BCUT2D eigenvalue weighted by atomic mass is 16.3. The van der Waals surface area contributed by atoms with E-state index in [9.17, 15) is 9.59 Å². The molecule has 0 unspecified atom stereocenters. The summed E-state index contributed by atoms with van der Waals surface area (Å²) < 4.78 is 1.32. The summed E-state index contributed by atoms with van der Waals surface area (Å²) in [4.78, 5) is 23.6. The first-order chi connectivity index (χ1) is 9.60. The molecule has 6 nitrogen and oxygen atoms in total. The molecule has 110 valence electrons. The van der Waals surface area contributed by atoms with Crippen molar-refractivity contribution in [1.82, 2.24) is 15.1 Å². The molecule has 1 aliphatic carbocycles. The molecule has 2 N–H and O–H groups in total. The van der Waals surface area contributed by atoms with Crippen LogP contribution < -0.4 is 10.9 Å². The zero-order chi connectivity index (χ0) is 14.6. The Morgan fingerprint density at radius 1 is 1.50 bits per heavy atom. The van der Waals surface area contributed by atoms with E-state index in [-0.39, 0.29) is 29.2 Å². The summed E-state index contributed by atoms with van der Waals surface area (Å²) in [7, 11) is 0. The quantitative estimate of drug-likeness (QED) is 0.763. The van der Waals surface area contributed by atoms with Crippen LogP contribution in [0.15, 0.2) is 16.9 Å². The number of hydrogen-bond acceptors (Lipinski definition) is 4. The van der Waals surface area contributed by atoms with Gasteiger partial charge < -0.3 is 10.4 Å². The monoisotopic (exact) mass is 279 g/mol. The van der Waals surface area contributed by atoms with Crippen molar-refractivity contribution in [2.24, 2.45) is 5.41 Å². The van der Waals surface area contributed by atoms with E-state index < -0.39 is 0 Å². The Labute approximate surface area is 117 Å². The van der Waals surface area contributed by atoms with Crippen LogP contribution in [0, 0.1) is 5.41 Å². The van der Waals surface area contributed by atoms with Crippen molar-refractivity contribution in [2.45, 2.75) is 39.2 Å². The van der Waals surface area contributed by atoms with Gasteiger partial charge in [-0.25, -0.2) is 4.68 Å². The number of hydrogen-bond donors (Lipinski definition) is 2. The first-order valence-corrected chi connectivity index (χ1v) is 7.07. The second kappa shape index (κ2) is 6.17. The minimum absolute atomic E-state index is 0.0717. The molecule has 20 heavy (non-hydrogen) atoms. The predicted molar refractivity (Wildman–Crippen MR) is 74.5 cm³/mol. The number of aryl methyl sites for hydroxylation is 1. The SMILES string of the molecule is CCCn1nc(C(=O)NCC2(CCO)CC2)ccc1=O. The fourth-order valence-electron chi connectivity index (χ4n) is 2.23. The summed E-state index contributed by atoms with van der Waals surface area (Å²) in [5.74, 6) is -0.265. The van der Waals surface area contributed by atoms with Gasteiger partial charge in [-0.15, -0.1) is 0 Å². The molecule has 1 amide bonds. The third-order valence-corrected chi connectivity index (χ3v) is 3.76. The van der Waals surface area contributed by atoms with Gasteiger partial charge in [-0.05, 0) is 37.2 Å². The molecular formula is C14H21N3O3. The van der Waals surface area contributed by atoms with E-state index in [0.29, 0.717) is 13.1 Å². The van der Waals surface area contributed by atoms with Crippen molar-refractivity contribution < 1.29 is 9.90 Å². The van der Waals surface area contributed by atoms with Crippen molar-refractivity contribution in [3.63, 3.8) is 0 Å². The highest BCUT2D eigenvalue weighted by Crippen LogP contribution is 2.47. The molecule has 0 aliphatic heterocycles. The molecule has 1 fully saturated rings. The maximum Gasteiger partial charge on any atom is 0.271 e. The van der Waals surface area contributed by atoms with Crippen LogP contribution in [0.4, 0.5) is 0 Å². The lowest BCUT2D eigenvalue weighted by Crippen LogP contribution is -2.33. The van der Waals surface area contributed by atoms with Gasteiger partial charge in [0.1, 0.15) is 5.69 Å². The van der Waals surface area contributed by atoms with Crippen molar-refractivity contribution >= 4 is 5.91 Å². The number of nitrogens with one attached hydrogen (secondary N) is 1. The number of aliphatic hydroxyl groups excluding tert-OH is 1. The van der Waals surface area contributed by atoms with Gasteiger partial charge in [0.25, 0.3) is 11.5 Å². The number of rotatable bonds is 7. The molecule has 1 saturated carbocycles. The van der Waals surface area contributed by atoms with Crippen molar-refractivity contribution in [1.29, 1.82) is 0 Å². The third kappa shape index (κ3) is 3.45. The molecule has 0 atom stereocenters. The topological polar surface area (TPSA) is 84.2 Å². The van der Waals surface area contributed by atoms with Gasteiger partial charge in [-0.3, -0.25) is 9.59 Å². The summed E-state index contributed by atoms with van der Waals surface area (Å²) in [5, 5.41) is 15.9. The molecule has 0 radical (unpaired) electrons. The van der Waals surface area contributed by atoms with Gasteiger partial charge in [-0.1, -0.05) is 6.92 Å². The van der Waals surface area contributed by atoms with Crippen LogP contribution >= 0.6 is 0 Å².